The van der Waals surface area contributed by atoms with E-state index in [1.54, 1.807) is 6.92 Å². The Bertz CT molecular complexity index is 434. The minimum Gasteiger partial charge on any atom is -0.478 e. The normalized spacial score (nSPS) is 9.76. The molecular formula is C10H14N4O3. The third-order valence-corrected chi connectivity index (χ3v) is 1.99. The van der Waals surface area contributed by atoms with Gasteiger partial charge in [0.05, 0.1) is 17.8 Å². The van der Waals surface area contributed by atoms with Gasteiger partial charge in [0.15, 0.2) is 0 Å². The van der Waals surface area contributed by atoms with E-state index in [1.165, 1.54) is 6.20 Å². The summed E-state index contributed by atoms with van der Waals surface area (Å²) in [5.41, 5.74) is 0.402. The summed E-state index contributed by atoms with van der Waals surface area (Å²) < 4.78 is 0. The number of carbonyl (C=O) groups is 2. The molecule has 0 aliphatic carbocycles. The Balaban J connectivity index is 2.65. The Morgan fingerprint density at radius 1 is 1.47 bits per heavy atom. The molecule has 1 aromatic rings. The molecule has 0 aliphatic heterocycles. The Hall–Kier alpha value is -2.18. The zero-order chi connectivity index (χ0) is 12.8. The zero-order valence-electron chi connectivity index (χ0n) is 9.65. The van der Waals surface area contributed by atoms with E-state index in [0.29, 0.717) is 12.2 Å². The lowest BCUT2D eigenvalue weighted by atomic mass is 10.2. The van der Waals surface area contributed by atoms with Crippen LogP contribution in [0.2, 0.25) is 0 Å². The van der Waals surface area contributed by atoms with E-state index in [1.807, 2.05) is 6.92 Å². The van der Waals surface area contributed by atoms with Crippen molar-refractivity contribution in [2.45, 2.75) is 13.8 Å². The first-order valence-corrected chi connectivity index (χ1v) is 5.12. The maximum atomic E-state index is 11.2. The van der Waals surface area contributed by atoms with Crippen molar-refractivity contribution in [3.8, 4) is 0 Å². The van der Waals surface area contributed by atoms with E-state index in [-0.39, 0.29) is 24.0 Å². The van der Waals surface area contributed by atoms with Crippen molar-refractivity contribution >= 4 is 17.8 Å². The summed E-state index contributed by atoms with van der Waals surface area (Å²) in [6.45, 7) is 4.00. The molecule has 0 aromatic carbocycles. The molecule has 0 radical (unpaired) electrons. The summed E-state index contributed by atoms with van der Waals surface area (Å²) in [6.07, 6.45) is 1.21. The van der Waals surface area contributed by atoms with Crippen LogP contribution in [0.3, 0.4) is 0 Å². The molecule has 0 aliphatic rings. The molecule has 3 N–H and O–H groups in total. The van der Waals surface area contributed by atoms with Gasteiger partial charge in [0.1, 0.15) is 0 Å². The van der Waals surface area contributed by atoms with E-state index in [4.69, 9.17) is 5.11 Å². The number of amides is 1. The molecule has 0 unspecified atom stereocenters. The first-order chi connectivity index (χ1) is 8.04. The maximum Gasteiger partial charge on any atom is 0.339 e. The number of anilines is 1. The number of aromatic nitrogens is 2. The van der Waals surface area contributed by atoms with E-state index in [0.717, 1.165) is 0 Å². The second kappa shape index (κ2) is 5.78. The van der Waals surface area contributed by atoms with Gasteiger partial charge >= 0.3 is 5.97 Å². The van der Waals surface area contributed by atoms with E-state index in [2.05, 4.69) is 20.6 Å². The van der Waals surface area contributed by atoms with Crippen LogP contribution >= 0.6 is 0 Å². The van der Waals surface area contributed by atoms with Crippen LogP contribution in [0.25, 0.3) is 0 Å². The summed E-state index contributed by atoms with van der Waals surface area (Å²) >= 11 is 0. The van der Waals surface area contributed by atoms with Gasteiger partial charge in [0.2, 0.25) is 11.9 Å². The number of hydrogen-bond donors (Lipinski definition) is 3. The van der Waals surface area contributed by atoms with Crippen LogP contribution in [0.4, 0.5) is 5.95 Å². The molecule has 0 saturated heterocycles. The molecule has 0 spiro atoms. The molecule has 1 rings (SSSR count). The second-order valence-corrected chi connectivity index (χ2v) is 3.30. The van der Waals surface area contributed by atoms with Gasteiger partial charge in [-0.25, -0.2) is 14.8 Å². The molecule has 0 fully saturated rings. The van der Waals surface area contributed by atoms with Crippen LogP contribution in [0.15, 0.2) is 6.20 Å². The number of rotatable bonds is 5. The lowest BCUT2D eigenvalue weighted by molar-refractivity contribution is -0.119. The Morgan fingerprint density at radius 2 is 2.18 bits per heavy atom. The molecule has 7 heteroatoms. The molecular weight excluding hydrogens is 224 g/mol. The number of nitrogens with zero attached hydrogens (tertiary/aromatic N) is 2. The third kappa shape index (κ3) is 3.71. The minimum absolute atomic E-state index is 0.0496. The number of aromatic carboxylic acids is 1. The van der Waals surface area contributed by atoms with Crippen LogP contribution < -0.4 is 10.6 Å². The fourth-order valence-electron chi connectivity index (χ4n) is 1.18. The fourth-order valence-corrected chi connectivity index (χ4v) is 1.18. The third-order valence-electron chi connectivity index (χ3n) is 1.99. The summed E-state index contributed by atoms with van der Waals surface area (Å²) in [5, 5.41) is 14.1. The van der Waals surface area contributed by atoms with Crippen molar-refractivity contribution < 1.29 is 14.7 Å². The van der Waals surface area contributed by atoms with Crippen molar-refractivity contribution in [2.75, 3.05) is 18.4 Å². The van der Waals surface area contributed by atoms with Crippen LogP contribution in [-0.2, 0) is 4.79 Å². The summed E-state index contributed by atoms with van der Waals surface area (Å²) in [6, 6.07) is 0. The molecule has 0 saturated carbocycles. The number of carboxylic acid groups (broad SMARTS) is 1. The maximum absolute atomic E-state index is 11.2. The van der Waals surface area contributed by atoms with Gasteiger partial charge in [0.25, 0.3) is 0 Å². The largest absolute Gasteiger partial charge is 0.478 e. The number of hydrogen-bond acceptors (Lipinski definition) is 5. The smallest absolute Gasteiger partial charge is 0.339 e. The van der Waals surface area contributed by atoms with Gasteiger partial charge in [-0.15, -0.1) is 0 Å². The fraction of sp³-hybridized carbons (Fsp3) is 0.400. The predicted molar refractivity (Wildman–Crippen MR) is 60.9 cm³/mol. The Morgan fingerprint density at radius 3 is 2.71 bits per heavy atom. The van der Waals surface area contributed by atoms with Gasteiger partial charge in [-0.1, -0.05) is 0 Å². The van der Waals surface area contributed by atoms with Crippen LogP contribution in [0, 0.1) is 6.92 Å². The SMILES string of the molecule is CCNC(=O)CNc1ncc(C(=O)O)c(C)n1. The number of carboxylic acids is 1. The van der Waals surface area contributed by atoms with Gasteiger partial charge in [0, 0.05) is 12.7 Å². The second-order valence-electron chi connectivity index (χ2n) is 3.30. The molecule has 92 valence electrons. The van der Waals surface area contributed by atoms with Crippen LogP contribution in [0.1, 0.15) is 23.0 Å². The van der Waals surface area contributed by atoms with E-state index < -0.39 is 5.97 Å². The topological polar surface area (TPSA) is 104 Å². The predicted octanol–water partition coefficient (Wildman–Crippen LogP) is 0.0312. The van der Waals surface area contributed by atoms with Crippen molar-refractivity contribution in [3.63, 3.8) is 0 Å². The highest BCUT2D eigenvalue weighted by Gasteiger charge is 2.10. The number of likely N-dealkylation sites (N-methyl/N-ethyl adjacent to an activating group) is 1. The van der Waals surface area contributed by atoms with E-state index >= 15 is 0 Å². The number of nitrogens with one attached hydrogen (secondary N) is 2. The summed E-state index contributed by atoms with van der Waals surface area (Å²) in [7, 11) is 0. The lowest BCUT2D eigenvalue weighted by Crippen LogP contribution is -2.30. The van der Waals surface area contributed by atoms with Crippen LogP contribution in [0.5, 0.6) is 0 Å². The standard InChI is InChI=1S/C10H14N4O3/c1-3-11-8(15)5-13-10-12-4-7(9(16)17)6(2)14-10/h4H,3,5H2,1-2H3,(H,11,15)(H,16,17)(H,12,13,14). The summed E-state index contributed by atoms with van der Waals surface area (Å²) in [4.78, 5) is 29.6. The first kappa shape index (κ1) is 12.9. The molecule has 0 atom stereocenters. The summed E-state index contributed by atoms with van der Waals surface area (Å²) in [5.74, 6) is -1.01. The number of aryl methyl sites for hydroxylation is 1. The van der Waals surface area contributed by atoms with Gasteiger partial charge in [-0.05, 0) is 13.8 Å². The Labute approximate surface area is 98.3 Å². The molecule has 17 heavy (non-hydrogen) atoms. The molecule has 1 heterocycles. The Kier molecular flexibility index (Phi) is 4.38. The highest BCUT2D eigenvalue weighted by atomic mass is 16.4. The lowest BCUT2D eigenvalue weighted by Gasteiger charge is -2.06. The van der Waals surface area contributed by atoms with Gasteiger partial charge < -0.3 is 15.7 Å². The van der Waals surface area contributed by atoms with Gasteiger partial charge in [-0.3, -0.25) is 4.79 Å². The quantitative estimate of drug-likeness (QED) is 0.668. The molecule has 1 amide bonds. The zero-order valence-corrected chi connectivity index (χ0v) is 9.65. The van der Waals surface area contributed by atoms with Gasteiger partial charge in [-0.2, -0.15) is 0 Å². The van der Waals surface area contributed by atoms with Crippen molar-refractivity contribution in [2.24, 2.45) is 0 Å². The van der Waals surface area contributed by atoms with E-state index in [9.17, 15) is 9.59 Å². The van der Waals surface area contributed by atoms with Crippen molar-refractivity contribution in [3.05, 3.63) is 17.5 Å². The average molecular weight is 238 g/mol. The van der Waals surface area contributed by atoms with Crippen molar-refractivity contribution in [1.82, 2.24) is 15.3 Å². The monoisotopic (exact) mass is 238 g/mol. The molecule has 1 aromatic heterocycles. The first-order valence-electron chi connectivity index (χ1n) is 5.12. The molecule has 7 nitrogen and oxygen atoms in total. The average Bonchev–Trinajstić information content (AvgIpc) is 2.26. The minimum atomic E-state index is -1.07. The van der Waals surface area contributed by atoms with Crippen LogP contribution in [-0.4, -0.2) is 40.0 Å². The number of carbonyl (C=O) groups excluding carboxylic acids is 1. The highest BCUT2D eigenvalue weighted by Crippen LogP contribution is 2.06. The van der Waals surface area contributed by atoms with Crippen molar-refractivity contribution in [1.29, 1.82) is 0 Å². The highest BCUT2D eigenvalue weighted by molar-refractivity contribution is 5.88. The molecule has 0 bridgehead atoms.